The Kier molecular flexibility index (Phi) is 5.02. The lowest BCUT2D eigenvalue weighted by molar-refractivity contribution is -0.824. The first-order chi connectivity index (χ1) is 13.6. The molecule has 0 aromatic heterocycles. The lowest BCUT2D eigenvalue weighted by Crippen LogP contribution is -2.67. The van der Waals surface area contributed by atoms with Crippen LogP contribution in [0.1, 0.15) is 19.4 Å². The number of urea groups is 2. The molecular weight excluding hydrogens is 381 g/mol. The van der Waals surface area contributed by atoms with Crippen LogP contribution >= 0.6 is 0 Å². The van der Waals surface area contributed by atoms with Gasteiger partial charge in [0, 0.05) is 5.56 Å². The molecule has 1 fully saturated rings. The van der Waals surface area contributed by atoms with Crippen LogP contribution in [0.4, 0.5) is 14.0 Å². The molecule has 4 N–H and O–H groups in total. The Morgan fingerprint density at radius 3 is 2.10 bits per heavy atom. The smallest absolute Gasteiger partial charge is 0.427 e. The maximum Gasteiger partial charge on any atom is 0.427 e. The second-order valence-electron chi connectivity index (χ2n) is 7.38. The summed E-state index contributed by atoms with van der Waals surface area (Å²) < 4.78 is 17.7. The number of aliphatic carboxylic acids is 1. The molecule has 1 aliphatic rings. The monoisotopic (exact) mass is 402 g/mol. The number of carboxylic acids is 1. The molecule has 2 aromatic carbocycles. The van der Waals surface area contributed by atoms with Crippen molar-refractivity contribution < 1.29 is 33.1 Å². The van der Waals surface area contributed by atoms with Gasteiger partial charge >= 0.3 is 18.0 Å². The molecule has 2 aromatic rings. The molecule has 1 aliphatic heterocycles. The van der Waals surface area contributed by atoms with Gasteiger partial charge in [0.05, 0.1) is 0 Å². The van der Waals surface area contributed by atoms with Crippen molar-refractivity contribution >= 4 is 18.0 Å². The predicted molar refractivity (Wildman–Crippen MR) is 100 cm³/mol. The van der Waals surface area contributed by atoms with Crippen LogP contribution in [0.25, 0.3) is 0 Å². The van der Waals surface area contributed by atoms with Crippen LogP contribution in [-0.2, 0) is 11.3 Å². The number of nitrogens with zero attached hydrogens (tertiary/aromatic N) is 1. The van der Waals surface area contributed by atoms with Gasteiger partial charge in [0.2, 0.25) is 0 Å². The van der Waals surface area contributed by atoms with E-state index in [1.54, 1.807) is 24.3 Å². The van der Waals surface area contributed by atoms with Crippen molar-refractivity contribution in [1.29, 1.82) is 0 Å². The first kappa shape index (κ1) is 20.3. The van der Waals surface area contributed by atoms with Crippen molar-refractivity contribution in [2.45, 2.75) is 32.0 Å². The summed E-state index contributed by atoms with van der Waals surface area (Å²) in [5.41, 5.74) is 4.86. The molecule has 0 saturated carbocycles. The van der Waals surface area contributed by atoms with Gasteiger partial charge in [-0.25, -0.2) is 18.8 Å². The van der Waals surface area contributed by atoms with Gasteiger partial charge in [-0.2, -0.15) is 0 Å². The van der Waals surface area contributed by atoms with Crippen LogP contribution in [0.15, 0.2) is 48.5 Å². The number of nitrogens with one attached hydrogen (secondary N) is 1. The standard InChI is InChI=1S/C20H20FN3O5/c1-20(2)16(17(25)26)23-19(28)24(20,18(22)27)11-12-3-7-14(8-4-12)29-15-9-5-13(21)6-10-15/h3-10,16H,11H2,1-2H3,(H3-,22,23,25,26,27,28)/p+1/t16-,24?/m0/s1. The van der Waals surface area contributed by atoms with Crippen molar-refractivity contribution in [2.24, 2.45) is 5.73 Å². The van der Waals surface area contributed by atoms with Crippen LogP contribution in [0, 0.1) is 5.82 Å². The second kappa shape index (κ2) is 7.17. The zero-order valence-corrected chi connectivity index (χ0v) is 15.9. The molecule has 0 radical (unpaired) electrons. The number of halogens is 1. The third kappa shape index (κ3) is 3.40. The lowest BCUT2D eigenvalue weighted by atomic mass is 9.91. The highest BCUT2D eigenvalue weighted by atomic mass is 19.1. The van der Waals surface area contributed by atoms with Crippen molar-refractivity contribution in [2.75, 3.05) is 0 Å². The van der Waals surface area contributed by atoms with Crippen LogP contribution < -0.4 is 15.8 Å². The fraction of sp³-hybridized carbons (Fsp3) is 0.250. The number of carbonyl (C=O) groups excluding carboxylic acids is 2. The minimum atomic E-state index is -1.31. The summed E-state index contributed by atoms with van der Waals surface area (Å²) >= 11 is 0. The number of rotatable bonds is 5. The van der Waals surface area contributed by atoms with E-state index in [2.05, 4.69) is 5.32 Å². The number of imide groups is 1. The maximum atomic E-state index is 13.0. The van der Waals surface area contributed by atoms with E-state index in [1.165, 1.54) is 38.1 Å². The molecule has 0 spiro atoms. The number of benzene rings is 2. The van der Waals surface area contributed by atoms with E-state index in [4.69, 9.17) is 10.5 Å². The van der Waals surface area contributed by atoms with Gasteiger partial charge in [-0.15, -0.1) is 4.48 Å². The van der Waals surface area contributed by atoms with E-state index in [0.717, 1.165) is 0 Å². The summed E-state index contributed by atoms with van der Waals surface area (Å²) in [5, 5.41) is 11.8. The molecule has 152 valence electrons. The van der Waals surface area contributed by atoms with E-state index >= 15 is 0 Å². The van der Waals surface area contributed by atoms with Gasteiger partial charge in [-0.1, -0.05) is 0 Å². The van der Waals surface area contributed by atoms with Gasteiger partial charge in [0.15, 0.2) is 6.04 Å². The number of amides is 4. The Morgan fingerprint density at radius 2 is 1.66 bits per heavy atom. The summed E-state index contributed by atoms with van der Waals surface area (Å²) in [6, 6.07) is 9.12. The molecule has 3 rings (SSSR count). The number of hydrogen-bond donors (Lipinski definition) is 3. The average molecular weight is 402 g/mol. The number of carboxylic acid groups (broad SMARTS) is 1. The molecule has 2 atom stereocenters. The number of carbonyl (C=O) groups is 3. The molecule has 4 amide bonds. The number of hydrogen-bond acceptors (Lipinski definition) is 4. The fourth-order valence-electron chi connectivity index (χ4n) is 3.57. The minimum absolute atomic E-state index is 0.116. The lowest BCUT2D eigenvalue weighted by Gasteiger charge is -2.38. The maximum absolute atomic E-state index is 13.0. The van der Waals surface area contributed by atoms with Crippen molar-refractivity contribution in [3.05, 3.63) is 59.9 Å². The van der Waals surface area contributed by atoms with Crippen molar-refractivity contribution in [3.8, 4) is 11.5 Å². The van der Waals surface area contributed by atoms with E-state index in [9.17, 15) is 23.9 Å². The molecule has 1 saturated heterocycles. The SMILES string of the molecule is CC1(C)[C@H](C(=O)O)NC(=O)[N+]1(Cc1ccc(Oc2ccc(F)cc2)cc1)C(N)=O. The molecule has 1 heterocycles. The average Bonchev–Trinajstić information content (AvgIpc) is 2.86. The molecule has 1 unspecified atom stereocenters. The molecular formula is C20H21FN3O5+. The normalized spacial score (nSPS) is 22.7. The van der Waals surface area contributed by atoms with E-state index in [-0.39, 0.29) is 12.4 Å². The van der Waals surface area contributed by atoms with Gasteiger partial charge in [-0.3, -0.25) is 5.32 Å². The Labute approximate surface area is 166 Å². The highest BCUT2D eigenvalue weighted by molar-refractivity contribution is 5.90. The highest BCUT2D eigenvalue weighted by Gasteiger charge is 2.67. The second-order valence-corrected chi connectivity index (χ2v) is 7.38. The number of nitrogens with two attached hydrogens (primary N) is 1. The van der Waals surface area contributed by atoms with E-state index in [1.807, 2.05) is 0 Å². The number of ether oxygens (including phenoxy) is 1. The Bertz CT molecular complexity index is 959. The van der Waals surface area contributed by atoms with Crippen LogP contribution in [-0.4, -0.2) is 39.2 Å². The van der Waals surface area contributed by atoms with Crippen LogP contribution in [0.5, 0.6) is 11.5 Å². The molecule has 8 nitrogen and oxygen atoms in total. The Hall–Kier alpha value is -3.46. The summed E-state index contributed by atoms with van der Waals surface area (Å²) in [5.74, 6) is -0.698. The van der Waals surface area contributed by atoms with Gasteiger partial charge in [0.25, 0.3) is 0 Å². The van der Waals surface area contributed by atoms with Crippen molar-refractivity contribution in [3.63, 3.8) is 0 Å². The zero-order valence-electron chi connectivity index (χ0n) is 15.9. The fourth-order valence-corrected chi connectivity index (χ4v) is 3.57. The molecule has 0 aliphatic carbocycles. The third-order valence-electron chi connectivity index (χ3n) is 5.32. The largest absolute Gasteiger partial charge is 0.480 e. The summed E-state index contributed by atoms with van der Waals surface area (Å²) in [6.07, 6.45) is 0. The topological polar surface area (TPSA) is 119 Å². The summed E-state index contributed by atoms with van der Waals surface area (Å²) in [6.45, 7) is 2.91. The van der Waals surface area contributed by atoms with E-state index in [0.29, 0.717) is 17.1 Å². The highest BCUT2D eigenvalue weighted by Crippen LogP contribution is 2.37. The van der Waals surface area contributed by atoms with Crippen molar-refractivity contribution in [1.82, 2.24) is 5.32 Å². The quantitative estimate of drug-likeness (QED) is 0.665. The Balaban J connectivity index is 1.86. The van der Waals surface area contributed by atoms with Gasteiger partial charge in [-0.05, 0) is 62.4 Å². The summed E-state index contributed by atoms with van der Waals surface area (Å²) in [4.78, 5) is 36.5. The van der Waals surface area contributed by atoms with Gasteiger partial charge < -0.3 is 15.6 Å². The molecule has 0 bridgehead atoms. The molecule has 29 heavy (non-hydrogen) atoms. The zero-order chi connectivity index (χ0) is 21.4. The van der Waals surface area contributed by atoms with Crippen LogP contribution in [0.3, 0.4) is 0 Å². The Morgan fingerprint density at radius 1 is 1.14 bits per heavy atom. The first-order valence-corrected chi connectivity index (χ1v) is 8.82. The third-order valence-corrected chi connectivity index (χ3v) is 5.32. The number of primary amides is 1. The minimum Gasteiger partial charge on any atom is -0.480 e. The number of quaternary nitrogens is 1. The van der Waals surface area contributed by atoms with E-state index < -0.39 is 34.1 Å². The molecule has 9 heteroatoms. The summed E-state index contributed by atoms with van der Waals surface area (Å²) in [7, 11) is 0. The predicted octanol–water partition coefficient (Wildman–Crippen LogP) is 2.97. The first-order valence-electron chi connectivity index (χ1n) is 8.82. The van der Waals surface area contributed by atoms with Crippen LogP contribution in [0.2, 0.25) is 0 Å². The van der Waals surface area contributed by atoms with Gasteiger partial charge in [0.1, 0.15) is 29.4 Å².